The molecule has 120 valence electrons. The average Bonchev–Trinajstić information content (AvgIpc) is 3.15. The lowest BCUT2D eigenvalue weighted by molar-refractivity contribution is -0.0231. The molecule has 2 aliphatic carbocycles. The predicted molar refractivity (Wildman–Crippen MR) is 84.2 cm³/mol. The summed E-state index contributed by atoms with van der Waals surface area (Å²) in [6, 6.07) is 9.58. The fraction of sp³-hybridized carbons (Fsp3) is 0.611. The number of hydrogen-bond donors (Lipinski definition) is 2. The highest BCUT2D eigenvalue weighted by molar-refractivity contribution is 5.67. The zero-order chi connectivity index (χ0) is 15.6. The average molecular weight is 303 g/mol. The lowest BCUT2D eigenvalue weighted by Crippen LogP contribution is -2.47. The third-order valence-electron chi connectivity index (χ3n) is 5.34. The van der Waals surface area contributed by atoms with Gasteiger partial charge in [0.1, 0.15) is 6.61 Å². The van der Waals surface area contributed by atoms with Gasteiger partial charge in [-0.25, -0.2) is 4.79 Å². The molecule has 2 aliphatic rings. The summed E-state index contributed by atoms with van der Waals surface area (Å²) < 4.78 is 5.19. The Hall–Kier alpha value is -1.55. The molecule has 0 radical (unpaired) electrons. The van der Waals surface area contributed by atoms with E-state index in [0.29, 0.717) is 11.8 Å². The minimum absolute atomic E-state index is 0.253. The van der Waals surface area contributed by atoms with Gasteiger partial charge < -0.3 is 15.2 Å². The number of carbonyl (C=O) groups is 1. The van der Waals surface area contributed by atoms with Crippen molar-refractivity contribution in [1.82, 2.24) is 5.32 Å². The lowest BCUT2D eigenvalue weighted by Gasteiger charge is -2.35. The first kappa shape index (κ1) is 15.3. The fourth-order valence-corrected chi connectivity index (χ4v) is 4.16. The molecule has 1 aromatic rings. The summed E-state index contributed by atoms with van der Waals surface area (Å²) >= 11 is 0. The van der Waals surface area contributed by atoms with Gasteiger partial charge in [0.25, 0.3) is 0 Å². The Morgan fingerprint density at radius 2 is 2.09 bits per heavy atom. The van der Waals surface area contributed by atoms with Gasteiger partial charge in [-0.05, 0) is 49.5 Å². The summed E-state index contributed by atoms with van der Waals surface area (Å²) in [5.41, 5.74) is 0.114. The third-order valence-corrected chi connectivity index (χ3v) is 5.34. The van der Waals surface area contributed by atoms with E-state index in [0.717, 1.165) is 17.9 Å². The topological polar surface area (TPSA) is 58.6 Å². The minimum atomic E-state index is -0.842. The van der Waals surface area contributed by atoms with E-state index in [-0.39, 0.29) is 13.2 Å². The van der Waals surface area contributed by atoms with E-state index in [9.17, 15) is 9.90 Å². The SMILES string of the molecule is CC(O)(CNC(=O)OCc1ccccc1)C1CC2CCC1C2. The molecule has 1 aromatic carbocycles. The Balaban J connectivity index is 1.44. The van der Waals surface area contributed by atoms with E-state index in [2.05, 4.69) is 5.32 Å². The standard InChI is InChI=1S/C18H25NO3/c1-18(21,16-10-14-7-8-15(16)9-14)12-19-17(20)22-11-13-5-3-2-4-6-13/h2-6,14-16,21H,7-12H2,1H3,(H,19,20). The van der Waals surface area contributed by atoms with Crippen LogP contribution in [0.25, 0.3) is 0 Å². The van der Waals surface area contributed by atoms with Crippen molar-refractivity contribution in [2.24, 2.45) is 17.8 Å². The Labute approximate surface area is 131 Å². The van der Waals surface area contributed by atoms with E-state index in [1.807, 2.05) is 37.3 Å². The van der Waals surface area contributed by atoms with Crippen LogP contribution in [-0.4, -0.2) is 23.3 Å². The van der Waals surface area contributed by atoms with Crippen LogP contribution in [0.15, 0.2) is 30.3 Å². The van der Waals surface area contributed by atoms with Crippen LogP contribution >= 0.6 is 0 Å². The number of ether oxygens (including phenoxy) is 1. The van der Waals surface area contributed by atoms with Crippen molar-refractivity contribution in [2.75, 3.05) is 6.54 Å². The summed E-state index contributed by atoms with van der Waals surface area (Å²) in [5, 5.41) is 13.4. The van der Waals surface area contributed by atoms with E-state index < -0.39 is 11.7 Å². The number of hydrogen-bond acceptors (Lipinski definition) is 3. The minimum Gasteiger partial charge on any atom is -0.445 e. The molecule has 1 amide bonds. The molecule has 0 spiro atoms. The predicted octanol–water partition coefficient (Wildman–Crippen LogP) is 3.10. The fourth-order valence-electron chi connectivity index (χ4n) is 4.16. The largest absolute Gasteiger partial charge is 0.445 e. The smallest absolute Gasteiger partial charge is 0.407 e. The van der Waals surface area contributed by atoms with Gasteiger partial charge in [-0.15, -0.1) is 0 Å². The highest BCUT2D eigenvalue weighted by Crippen LogP contribution is 2.51. The molecule has 2 saturated carbocycles. The maximum atomic E-state index is 11.8. The Morgan fingerprint density at radius 1 is 1.32 bits per heavy atom. The molecule has 0 aliphatic heterocycles. The van der Waals surface area contributed by atoms with Gasteiger partial charge in [0, 0.05) is 6.54 Å². The zero-order valence-electron chi connectivity index (χ0n) is 13.1. The molecule has 0 aromatic heterocycles. The van der Waals surface area contributed by atoms with Crippen LogP contribution in [0.5, 0.6) is 0 Å². The van der Waals surface area contributed by atoms with Crippen molar-refractivity contribution < 1.29 is 14.6 Å². The van der Waals surface area contributed by atoms with Gasteiger partial charge in [0.05, 0.1) is 5.60 Å². The highest BCUT2D eigenvalue weighted by atomic mass is 16.5. The normalized spacial score (nSPS) is 29.1. The molecule has 4 heteroatoms. The first-order valence-corrected chi connectivity index (χ1v) is 8.21. The van der Waals surface area contributed by atoms with Gasteiger partial charge in [-0.1, -0.05) is 36.8 Å². The van der Waals surface area contributed by atoms with Crippen molar-refractivity contribution in [2.45, 2.75) is 44.8 Å². The number of amides is 1. The molecule has 2 fully saturated rings. The van der Waals surface area contributed by atoms with Crippen molar-refractivity contribution in [3.8, 4) is 0 Å². The number of fused-ring (bicyclic) bond motifs is 2. The van der Waals surface area contributed by atoms with Gasteiger partial charge in [-0.2, -0.15) is 0 Å². The molecule has 4 atom stereocenters. The molecular formula is C18H25NO3. The Bertz CT molecular complexity index is 514. The van der Waals surface area contributed by atoms with Crippen molar-refractivity contribution in [3.05, 3.63) is 35.9 Å². The van der Waals surface area contributed by atoms with Crippen LogP contribution in [0, 0.1) is 17.8 Å². The van der Waals surface area contributed by atoms with Crippen LogP contribution in [0.1, 0.15) is 38.2 Å². The summed E-state index contributed by atoms with van der Waals surface area (Å²) in [4.78, 5) is 11.8. The van der Waals surface area contributed by atoms with Gasteiger partial charge in [0.2, 0.25) is 0 Å². The van der Waals surface area contributed by atoms with Crippen LogP contribution < -0.4 is 5.32 Å². The van der Waals surface area contributed by atoms with E-state index in [1.165, 1.54) is 19.3 Å². The number of aliphatic hydroxyl groups is 1. The van der Waals surface area contributed by atoms with Crippen molar-refractivity contribution in [3.63, 3.8) is 0 Å². The molecule has 4 unspecified atom stereocenters. The lowest BCUT2D eigenvalue weighted by atomic mass is 9.77. The molecule has 2 bridgehead atoms. The van der Waals surface area contributed by atoms with Gasteiger partial charge in [-0.3, -0.25) is 0 Å². The molecule has 0 saturated heterocycles. The summed E-state index contributed by atoms with van der Waals surface area (Å²) in [6.45, 7) is 2.35. The Morgan fingerprint density at radius 3 is 2.73 bits per heavy atom. The number of benzene rings is 1. The van der Waals surface area contributed by atoms with Gasteiger partial charge >= 0.3 is 6.09 Å². The quantitative estimate of drug-likeness (QED) is 0.878. The first-order chi connectivity index (χ1) is 10.5. The number of nitrogens with one attached hydrogen (secondary N) is 1. The molecule has 0 heterocycles. The summed E-state index contributed by atoms with van der Waals surface area (Å²) in [7, 11) is 0. The van der Waals surface area contributed by atoms with Crippen molar-refractivity contribution in [1.29, 1.82) is 0 Å². The Kier molecular flexibility index (Phi) is 4.39. The van der Waals surface area contributed by atoms with Crippen LogP contribution in [-0.2, 0) is 11.3 Å². The van der Waals surface area contributed by atoms with Gasteiger partial charge in [0.15, 0.2) is 0 Å². The number of carbonyl (C=O) groups excluding carboxylic acids is 1. The third kappa shape index (κ3) is 3.43. The molecule has 4 nitrogen and oxygen atoms in total. The summed E-state index contributed by atoms with van der Waals surface area (Å²) in [6.07, 6.45) is 4.41. The maximum Gasteiger partial charge on any atom is 0.407 e. The first-order valence-electron chi connectivity index (χ1n) is 8.21. The highest BCUT2D eigenvalue weighted by Gasteiger charge is 2.47. The molecule has 2 N–H and O–H groups in total. The molecular weight excluding hydrogens is 278 g/mol. The monoisotopic (exact) mass is 303 g/mol. The number of rotatable bonds is 5. The van der Waals surface area contributed by atoms with E-state index in [1.54, 1.807) is 0 Å². The van der Waals surface area contributed by atoms with Crippen LogP contribution in [0.4, 0.5) is 4.79 Å². The second-order valence-electron chi connectivity index (χ2n) is 7.05. The van der Waals surface area contributed by atoms with E-state index in [4.69, 9.17) is 4.74 Å². The summed E-state index contributed by atoms with van der Waals surface area (Å²) in [5.74, 6) is 1.72. The van der Waals surface area contributed by atoms with Crippen molar-refractivity contribution >= 4 is 6.09 Å². The maximum absolute atomic E-state index is 11.8. The second kappa shape index (κ2) is 6.29. The number of alkyl carbamates (subject to hydrolysis) is 1. The second-order valence-corrected chi connectivity index (χ2v) is 7.05. The molecule has 3 rings (SSSR count). The van der Waals surface area contributed by atoms with E-state index >= 15 is 0 Å². The molecule has 22 heavy (non-hydrogen) atoms. The van der Waals surface area contributed by atoms with Crippen LogP contribution in [0.2, 0.25) is 0 Å². The zero-order valence-corrected chi connectivity index (χ0v) is 13.1. The van der Waals surface area contributed by atoms with Crippen LogP contribution in [0.3, 0.4) is 0 Å².